The molecule has 0 aliphatic carbocycles. The van der Waals surface area contributed by atoms with Gasteiger partial charge in [-0.3, -0.25) is 0 Å². The zero-order chi connectivity index (χ0) is 8.65. The Morgan fingerprint density at radius 2 is 2.09 bits per heavy atom. The van der Waals surface area contributed by atoms with Crippen molar-refractivity contribution < 1.29 is 8.42 Å². The quantitative estimate of drug-likeness (QED) is 0.563. The van der Waals surface area contributed by atoms with Crippen molar-refractivity contribution in [3.05, 3.63) is 11.6 Å². The SMILES string of the molecule is CC(C)C1=CC(C)S(=O)(=O)C1. The molecule has 0 saturated heterocycles. The third kappa shape index (κ3) is 1.64. The molecule has 0 aromatic carbocycles. The molecule has 3 heteroatoms. The van der Waals surface area contributed by atoms with Crippen LogP contribution in [0.1, 0.15) is 20.8 Å². The molecule has 1 heterocycles. The zero-order valence-corrected chi connectivity index (χ0v) is 7.98. The summed E-state index contributed by atoms with van der Waals surface area (Å²) < 4.78 is 22.4. The molecule has 0 fully saturated rings. The summed E-state index contributed by atoms with van der Waals surface area (Å²) in [5.74, 6) is 0.640. The van der Waals surface area contributed by atoms with Crippen molar-refractivity contribution >= 4 is 9.84 Å². The van der Waals surface area contributed by atoms with E-state index in [1.807, 2.05) is 19.9 Å². The van der Waals surface area contributed by atoms with E-state index in [0.29, 0.717) is 5.92 Å². The Kier molecular flexibility index (Phi) is 2.10. The van der Waals surface area contributed by atoms with E-state index in [1.54, 1.807) is 6.92 Å². The van der Waals surface area contributed by atoms with Gasteiger partial charge in [0.2, 0.25) is 0 Å². The normalized spacial score (nSPS) is 29.1. The van der Waals surface area contributed by atoms with Crippen LogP contribution in [-0.4, -0.2) is 19.4 Å². The zero-order valence-electron chi connectivity index (χ0n) is 7.16. The van der Waals surface area contributed by atoms with Crippen LogP contribution in [0, 0.1) is 5.92 Å². The fraction of sp³-hybridized carbons (Fsp3) is 0.750. The molecule has 1 unspecified atom stereocenters. The molecule has 1 aliphatic rings. The summed E-state index contributed by atoms with van der Waals surface area (Å²) in [6, 6.07) is 0. The average molecular weight is 174 g/mol. The van der Waals surface area contributed by atoms with Gasteiger partial charge >= 0.3 is 0 Å². The highest BCUT2D eigenvalue weighted by molar-refractivity contribution is 7.92. The molecule has 2 nitrogen and oxygen atoms in total. The first-order valence-electron chi connectivity index (χ1n) is 3.85. The maximum absolute atomic E-state index is 11.2. The highest BCUT2D eigenvalue weighted by atomic mass is 32.2. The highest BCUT2D eigenvalue weighted by Crippen LogP contribution is 2.23. The van der Waals surface area contributed by atoms with Crippen molar-refractivity contribution in [2.24, 2.45) is 5.92 Å². The van der Waals surface area contributed by atoms with Crippen LogP contribution in [0.2, 0.25) is 0 Å². The van der Waals surface area contributed by atoms with Crippen LogP contribution in [0.3, 0.4) is 0 Å². The third-order valence-corrected chi connectivity index (χ3v) is 4.13. The molecule has 0 aromatic heterocycles. The summed E-state index contributed by atoms with van der Waals surface area (Å²) in [7, 11) is -2.81. The Bertz CT molecular complexity index is 272. The van der Waals surface area contributed by atoms with Crippen LogP contribution < -0.4 is 0 Å². The second kappa shape index (κ2) is 2.63. The molecule has 0 radical (unpaired) electrons. The molecular formula is C8H14O2S. The van der Waals surface area contributed by atoms with Gasteiger partial charge < -0.3 is 0 Å². The lowest BCUT2D eigenvalue weighted by molar-refractivity contribution is 0.595. The molecule has 0 N–H and O–H groups in total. The van der Waals surface area contributed by atoms with Gasteiger partial charge in [-0.1, -0.05) is 25.5 Å². The minimum atomic E-state index is -2.81. The standard InChI is InChI=1S/C8H14O2S/c1-6(2)8-4-7(3)11(9,10)5-8/h4,6-7H,5H2,1-3H3. The Morgan fingerprint density at radius 3 is 2.27 bits per heavy atom. The van der Waals surface area contributed by atoms with E-state index < -0.39 is 9.84 Å². The minimum Gasteiger partial charge on any atom is -0.228 e. The summed E-state index contributed by atoms with van der Waals surface area (Å²) in [5, 5.41) is -0.264. The summed E-state index contributed by atoms with van der Waals surface area (Å²) in [6.45, 7) is 5.80. The van der Waals surface area contributed by atoms with E-state index in [9.17, 15) is 8.42 Å². The van der Waals surface area contributed by atoms with Gasteiger partial charge in [-0.25, -0.2) is 8.42 Å². The van der Waals surface area contributed by atoms with Crippen molar-refractivity contribution in [3.8, 4) is 0 Å². The van der Waals surface area contributed by atoms with E-state index in [0.717, 1.165) is 5.57 Å². The molecule has 0 aromatic rings. The maximum atomic E-state index is 11.2. The van der Waals surface area contributed by atoms with Crippen molar-refractivity contribution in [2.75, 3.05) is 5.75 Å². The largest absolute Gasteiger partial charge is 0.228 e. The third-order valence-electron chi connectivity index (χ3n) is 2.12. The molecule has 1 atom stereocenters. The minimum absolute atomic E-state index is 0.264. The first-order valence-corrected chi connectivity index (χ1v) is 5.57. The van der Waals surface area contributed by atoms with Gasteiger partial charge in [0.25, 0.3) is 0 Å². The fourth-order valence-corrected chi connectivity index (χ4v) is 2.72. The van der Waals surface area contributed by atoms with Crippen LogP contribution in [0.5, 0.6) is 0 Å². The van der Waals surface area contributed by atoms with E-state index in [1.165, 1.54) is 0 Å². The van der Waals surface area contributed by atoms with E-state index >= 15 is 0 Å². The van der Waals surface area contributed by atoms with Gasteiger partial charge in [-0.15, -0.1) is 0 Å². The Labute approximate surface area is 68.2 Å². The predicted molar refractivity (Wildman–Crippen MR) is 46.2 cm³/mol. The molecule has 64 valence electrons. The Hall–Kier alpha value is -0.310. The maximum Gasteiger partial charge on any atom is 0.160 e. The van der Waals surface area contributed by atoms with Crippen LogP contribution in [0.25, 0.3) is 0 Å². The first kappa shape index (κ1) is 8.78. The summed E-state index contributed by atoms with van der Waals surface area (Å²) in [5.41, 5.74) is 1.07. The second-order valence-corrected chi connectivity index (χ2v) is 5.77. The van der Waals surface area contributed by atoms with E-state index in [4.69, 9.17) is 0 Å². The lowest BCUT2D eigenvalue weighted by atomic mass is 10.0. The molecule has 0 bridgehead atoms. The Balaban J connectivity index is 2.88. The van der Waals surface area contributed by atoms with Crippen molar-refractivity contribution in [3.63, 3.8) is 0 Å². The van der Waals surface area contributed by atoms with Crippen LogP contribution in [0.15, 0.2) is 11.6 Å². The molecule has 0 spiro atoms. The number of sulfone groups is 1. The summed E-state index contributed by atoms with van der Waals surface area (Å²) >= 11 is 0. The van der Waals surface area contributed by atoms with Gasteiger partial charge in [-0.05, 0) is 12.8 Å². The highest BCUT2D eigenvalue weighted by Gasteiger charge is 2.28. The molecule has 0 amide bonds. The van der Waals surface area contributed by atoms with Gasteiger partial charge in [0, 0.05) is 0 Å². The van der Waals surface area contributed by atoms with Gasteiger partial charge in [-0.2, -0.15) is 0 Å². The van der Waals surface area contributed by atoms with E-state index in [-0.39, 0.29) is 11.0 Å². The number of hydrogen-bond acceptors (Lipinski definition) is 2. The van der Waals surface area contributed by atoms with Crippen LogP contribution >= 0.6 is 0 Å². The summed E-state index contributed by atoms with van der Waals surface area (Å²) in [4.78, 5) is 0. The van der Waals surface area contributed by atoms with Crippen LogP contribution in [-0.2, 0) is 9.84 Å². The Morgan fingerprint density at radius 1 is 1.55 bits per heavy atom. The lowest BCUT2D eigenvalue weighted by Gasteiger charge is -2.02. The van der Waals surface area contributed by atoms with Gasteiger partial charge in [0.15, 0.2) is 9.84 Å². The predicted octanol–water partition coefficient (Wildman–Crippen LogP) is 1.39. The molecule has 1 rings (SSSR count). The summed E-state index contributed by atoms with van der Waals surface area (Å²) in [6.07, 6.45) is 1.88. The van der Waals surface area contributed by atoms with Gasteiger partial charge in [0.1, 0.15) is 0 Å². The lowest BCUT2D eigenvalue weighted by Crippen LogP contribution is -2.12. The van der Waals surface area contributed by atoms with E-state index in [2.05, 4.69) is 0 Å². The van der Waals surface area contributed by atoms with Crippen molar-refractivity contribution in [1.29, 1.82) is 0 Å². The van der Waals surface area contributed by atoms with Crippen molar-refractivity contribution in [2.45, 2.75) is 26.0 Å². The monoisotopic (exact) mass is 174 g/mol. The van der Waals surface area contributed by atoms with Crippen molar-refractivity contribution in [1.82, 2.24) is 0 Å². The first-order chi connectivity index (χ1) is 4.93. The average Bonchev–Trinajstić information content (AvgIpc) is 2.08. The molecule has 0 saturated carbocycles. The molecule has 11 heavy (non-hydrogen) atoms. The smallest absolute Gasteiger partial charge is 0.160 e. The fourth-order valence-electron chi connectivity index (χ4n) is 1.18. The topological polar surface area (TPSA) is 34.1 Å². The number of hydrogen-bond donors (Lipinski definition) is 0. The number of rotatable bonds is 1. The van der Waals surface area contributed by atoms with Gasteiger partial charge in [0.05, 0.1) is 11.0 Å². The van der Waals surface area contributed by atoms with Crippen LogP contribution in [0.4, 0.5) is 0 Å². The molecular weight excluding hydrogens is 160 g/mol. The molecule has 1 aliphatic heterocycles. The second-order valence-electron chi connectivity index (χ2n) is 3.41.